The van der Waals surface area contributed by atoms with Crippen LogP contribution in [0.2, 0.25) is 0 Å². The first-order valence-electron chi connectivity index (χ1n) is 5.75. The van der Waals surface area contributed by atoms with E-state index in [1.165, 1.54) is 0 Å². The number of rotatable bonds is 6. The lowest BCUT2D eigenvalue weighted by Gasteiger charge is -2.09. The van der Waals surface area contributed by atoms with E-state index in [0.29, 0.717) is 11.4 Å². The van der Waals surface area contributed by atoms with Gasteiger partial charge in [0.2, 0.25) is 5.91 Å². The Morgan fingerprint density at radius 3 is 2.94 bits per heavy atom. The van der Waals surface area contributed by atoms with Crippen LogP contribution in [0.15, 0.2) is 24.3 Å². The fraction of sp³-hybridized carbons (Fsp3) is 0.385. The minimum Gasteiger partial charge on any atom is -0.479 e. The Morgan fingerprint density at radius 1 is 1.50 bits per heavy atom. The van der Waals surface area contributed by atoms with E-state index in [4.69, 9.17) is 10.00 Å². The molecule has 1 aromatic rings. The van der Waals surface area contributed by atoms with Crippen LogP contribution < -0.4 is 15.4 Å². The molecule has 0 fully saturated rings. The molecule has 0 heterocycles. The summed E-state index contributed by atoms with van der Waals surface area (Å²) in [7, 11) is 0. The molecule has 5 heteroatoms. The van der Waals surface area contributed by atoms with E-state index in [2.05, 4.69) is 10.6 Å². The standard InChI is InChI=1S/C13H17N3O2/c1-10(2)15-9-13(17)16-11-4-3-5-12(8-11)18-7-6-14/h3-5,8,10,15H,7,9H2,1-2H3,(H,16,17). The third kappa shape index (κ3) is 5.32. The van der Waals surface area contributed by atoms with Crippen LogP contribution in [-0.2, 0) is 4.79 Å². The summed E-state index contributed by atoms with van der Waals surface area (Å²) in [4.78, 5) is 11.6. The van der Waals surface area contributed by atoms with Gasteiger partial charge in [-0.15, -0.1) is 0 Å². The van der Waals surface area contributed by atoms with E-state index in [1.807, 2.05) is 19.9 Å². The van der Waals surface area contributed by atoms with Crippen molar-refractivity contribution in [3.05, 3.63) is 24.3 Å². The fourth-order valence-electron chi connectivity index (χ4n) is 1.28. The van der Waals surface area contributed by atoms with Gasteiger partial charge < -0.3 is 15.4 Å². The first-order valence-corrected chi connectivity index (χ1v) is 5.75. The quantitative estimate of drug-likeness (QED) is 0.799. The van der Waals surface area contributed by atoms with Crippen LogP contribution >= 0.6 is 0 Å². The van der Waals surface area contributed by atoms with Gasteiger partial charge in [-0.25, -0.2) is 0 Å². The number of nitrogens with zero attached hydrogens (tertiary/aromatic N) is 1. The predicted molar refractivity (Wildman–Crippen MR) is 69.3 cm³/mol. The molecule has 0 bridgehead atoms. The molecule has 1 amide bonds. The molecule has 18 heavy (non-hydrogen) atoms. The Labute approximate surface area is 107 Å². The first kappa shape index (κ1) is 14.0. The van der Waals surface area contributed by atoms with Crippen molar-refractivity contribution in [2.45, 2.75) is 19.9 Å². The summed E-state index contributed by atoms with van der Waals surface area (Å²) in [5.74, 6) is 0.451. The van der Waals surface area contributed by atoms with E-state index in [1.54, 1.807) is 24.3 Å². The third-order valence-electron chi connectivity index (χ3n) is 2.09. The summed E-state index contributed by atoms with van der Waals surface area (Å²) < 4.78 is 5.15. The van der Waals surface area contributed by atoms with Gasteiger partial charge >= 0.3 is 0 Å². The number of hydrogen-bond acceptors (Lipinski definition) is 4. The number of ether oxygens (including phenoxy) is 1. The first-order chi connectivity index (χ1) is 8.61. The van der Waals surface area contributed by atoms with Gasteiger partial charge in [0.25, 0.3) is 0 Å². The minimum atomic E-state index is -0.110. The zero-order chi connectivity index (χ0) is 13.4. The van der Waals surface area contributed by atoms with Gasteiger partial charge in [0, 0.05) is 17.8 Å². The Balaban J connectivity index is 2.51. The Kier molecular flexibility index (Phi) is 5.68. The second-order valence-corrected chi connectivity index (χ2v) is 4.06. The van der Waals surface area contributed by atoms with Crippen LogP contribution in [0.3, 0.4) is 0 Å². The number of carbonyl (C=O) groups excluding carboxylic acids is 1. The average Bonchev–Trinajstić information content (AvgIpc) is 2.34. The molecule has 5 nitrogen and oxygen atoms in total. The molecule has 96 valence electrons. The molecule has 0 atom stereocenters. The molecule has 2 N–H and O–H groups in total. The predicted octanol–water partition coefficient (Wildman–Crippen LogP) is 1.53. The topological polar surface area (TPSA) is 74.2 Å². The van der Waals surface area contributed by atoms with Crippen molar-refractivity contribution in [3.63, 3.8) is 0 Å². The normalized spacial score (nSPS) is 9.89. The van der Waals surface area contributed by atoms with Crippen molar-refractivity contribution in [1.82, 2.24) is 5.32 Å². The maximum atomic E-state index is 11.6. The summed E-state index contributed by atoms with van der Waals surface area (Å²) in [6.45, 7) is 4.21. The summed E-state index contributed by atoms with van der Waals surface area (Å²) >= 11 is 0. The van der Waals surface area contributed by atoms with E-state index in [-0.39, 0.29) is 25.1 Å². The molecule has 1 rings (SSSR count). The molecule has 0 spiro atoms. The number of amides is 1. The molecule has 1 aromatic carbocycles. The zero-order valence-electron chi connectivity index (χ0n) is 10.6. The summed E-state index contributed by atoms with van der Waals surface area (Å²) in [5.41, 5.74) is 0.654. The number of benzene rings is 1. The van der Waals surface area contributed by atoms with Gasteiger partial charge in [-0.2, -0.15) is 5.26 Å². The lowest BCUT2D eigenvalue weighted by atomic mass is 10.3. The number of nitrogens with one attached hydrogen (secondary N) is 2. The van der Waals surface area contributed by atoms with Gasteiger partial charge in [-0.3, -0.25) is 4.79 Å². The highest BCUT2D eigenvalue weighted by atomic mass is 16.5. The van der Waals surface area contributed by atoms with Crippen LogP contribution in [0.5, 0.6) is 5.75 Å². The maximum absolute atomic E-state index is 11.6. The van der Waals surface area contributed by atoms with Gasteiger partial charge in [-0.1, -0.05) is 19.9 Å². The summed E-state index contributed by atoms with van der Waals surface area (Å²) in [5, 5.41) is 14.2. The second-order valence-electron chi connectivity index (χ2n) is 4.06. The molecule has 0 saturated carbocycles. The molecule has 0 aromatic heterocycles. The number of anilines is 1. The van der Waals surface area contributed by atoms with E-state index < -0.39 is 0 Å². The van der Waals surface area contributed by atoms with Crippen molar-refractivity contribution < 1.29 is 9.53 Å². The van der Waals surface area contributed by atoms with Gasteiger partial charge in [-0.05, 0) is 12.1 Å². The van der Waals surface area contributed by atoms with E-state index >= 15 is 0 Å². The number of carbonyl (C=O) groups is 1. The number of hydrogen-bond donors (Lipinski definition) is 2. The molecule has 0 aliphatic rings. The molecule has 0 aliphatic carbocycles. The second kappa shape index (κ2) is 7.30. The lowest BCUT2D eigenvalue weighted by molar-refractivity contribution is -0.115. The van der Waals surface area contributed by atoms with E-state index in [9.17, 15) is 4.79 Å². The molecular weight excluding hydrogens is 230 g/mol. The Bertz CT molecular complexity index is 438. The highest BCUT2D eigenvalue weighted by molar-refractivity contribution is 5.92. The van der Waals surface area contributed by atoms with Gasteiger partial charge in [0.15, 0.2) is 6.61 Å². The van der Waals surface area contributed by atoms with Crippen LogP contribution in [0.4, 0.5) is 5.69 Å². The highest BCUT2D eigenvalue weighted by Crippen LogP contribution is 2.16. The van der Waals surface area contributed by atoms with Crippen LogP contribution in [0.25, 0.3) is 0 Å². The van der Waals surface area contributed by atoms with E-state index in [0.717, 1.165) is 0 Å². The monoisotopic (exact) mass is 247 g/mol. The van der Waals surface area contributed by atoms with Crippen molar-refractivity contribution in [2.75, 3.05) is 18.5 Å². The minimum absolute atomic E-state index is 0.00763. The Hall–Kier alpha value is -2.06. The van der Waals surface area contributed by atoms with Gasteiger partial charge in [0.1, 0.15) is 11.8 Å². The van der Waals surface area contributed by atoms with Crippen LogP contribution in [-0.4, -0.2) is 25.1 Å². The van der Waals surface area contributed by atoms with Gasteiger partial charge in [0.05, 0.1) is 6.54 Å². The van der Waals surface area contributed by atoms with Crippen LogP contribution in [0, 0.1) is 11.3 Å². The molecule has 0 aliphatic heterocycles. The third-order valence-corrected chi connectivity index (χ3v) is 2.09. The van der Waals surface area contributed by atoms with Crippen molar-refractivity contribution in [1.29, 1.82) is 5.26 Å². The lowest BCUT2D eigenvalue weighted by Crippen LogP contribution is -2.32. The van der Waals surface area contributed by atoms with Crippen LogP contribution in [0.1, 0.15) is 13.8 Å². The maximum Gasteiger partial charge on any atom is 0.238 e. The zero-order valence-corrected chi connectivity index (χ0v) is 10.6. The smallest absolute Gasteiger partial charge is 0.238 e. The molecule has 0 radical (unpaired) electrons. The number of nitriles is 1. The largest absolute Gasteiger partial charge is 0.479 e. The molecular formula is C13H17N3O2. The fourth-order valence-corrected chi connectivity index (χ4v) is 1.28. The SMILES string of the molecule is CC(C)NCC(=O)Nc1cccc(OCC#N)c1. The molecule has 0 saturated heterocycles. The summed E-state index contributed by atoms with van der Waals surface area (Å²) in [6.07, 6.45) is 0. The average molecular weight is 247 g/mol. The highest BCUT2D eigenvalue weighted by Gasteiger charge is 2.03. The van der Waals surface area contributed by atoms with Crippen molar-refractivity contribution in [3.8, 4) is 11.8 Å². The molecule has 0 unspecified atom stereocenters. The summed E-state index contributed by atoms with van der Waals surface area (Å²) in [6, 6.07) is 9.11. The van der Waals surface area contributed by atoms with Crippen molar-refractivity contribution in [2.24, 2.45) is 0 Å². The Morgan fingerprint density at radius 2 is 2.28 bits per heavy atom. The van der Waals surface area contributed by atoms with Crippen molar-refractivity contribution >= 4 is 11.6 Å².